The highest BCUT2D eigenvalue weighted by Gasteiger charge is 2.27. The molecule has 0 atom stereocenters. The van der Waals surface area contributed by atoms with Crippen molar-refractivity contribution in [1.82, 2.24) is 20.0 Å². The molecule has 3 rings (SSSR count). The van der Waals surface area contributed by atoms with Gasteiger partial charge in [-0.2, -0.15) is 5.10 Å². The molecule has 31 heavy (non-hydrogen) atoms. The molecule has 168 valence electrons. The molecular weight excluding hydrogens is 513 g/mol. The van der Waals surface area contributed by atoms with Crippen molar-refractivity contribution in [2.45, 2.75) is 13.5 Å². The average molecular weight is 541 g/mol. The zero-order valence-corrected chi connectivity index (χ0v) is 20.0. The fourth-order valence-corrected chi connectivity index (χ4v) is 3.15. The van der Waals surface area contributed by atoms with E-state index in [2.05, 4.69) is 15.4 Å². The molecule has 0 aliphatic carbocycles. The minimum absolute atomic E-state index is 0. The van der Waals surface area contributed by atoms with Crippen molar-refractivity contribution < 1.29 is 14.3 Å². The number of anilines is 1. The fraction of sp³-hybridized carbons (Fsp3) is 0.400. The number of hydrogen-bond acceptors (Lipinski definition) is 5. The first-order chi connectivity index (χ1) is 14.5. The summed E-state index contributed by atoms with van der Waals surface area (Å²) in [6, 6.07) is 7.35. The van der Waals surface area contributed by atoms with Gasteiger partial charge in [0.05, 0.1) is 18.4 Å². The highest BCUT2D eigenvalue weighted by atomic mass is 127. The lowest BCUT2D eigenvalue weighted by Gasteiger charge is -2.35. The molecule has 0 unspecified atom stereocenters. The van der Waals surface area contributed by atoms with E-state index in [1.54, 1.807) is 21.8 Å². The van der Waals surface area contributed by atoms with Gasteiger partial charge in [-0.25, -0.2) is 4.99 Å². The number of halogens is 1. The van der Waals surface area contributed by atoms with E-state index in [1.165, 1.54) is 0 Å². The first-order valence-electron chi connectivity index (χ1n) is 9.78. The second kappa shape index (κ2) is 11.5. The summed E-state index contributed by atoms with van der Waals surface area (Å²) in [5.41, 5.74) is 6.84. The SMILES string of the molecule is CCNC(=NCc1cccc(OCC(N)=O)c1)N1CCN(c2cnn(C)c2)C(=O)C1.I. The Labute approximate surface area is 198 Å². The maximum Gasteiger partial charge on any atom is 0.255 e. The van der Waals surface area contributed by atoms with Crippen LogP contribution in [0.3, 0.4) is 0 Å². The Hall–Kier alpha value is -2.83. The Morgan fingerprint density at radius 3 is 2.81 bits per heavy atom. The molecule has 0 radical (unpaired) electrons. The van der Waals surface area contributed by atoms with Gasteiger partial charge in [0.25, 0.3) is 5.91 Å². The number of aromatic nitrogens is 2. The summed E-state index contributed by atoms with van der Waals surface area (Å²) in [5.74, 6) is 0.719. The van der Waals surface area contributed by atoms with Gasteiger partial charge in [-0.3, -0.25) is 14.3 Å². The minimum Gasteiger partial charge on any atom is -0.484 e. The third kappa shape index (κ3) is 6.84. The number of rotatable bonds is 7. The van der Waals surface area contributed by atoms with E-state index in [0.717, 1.165) is 11.3 Å². The Balaban J connectivity index is 0.00000341. The van der Waals surface area contributed by atoms with Gasteiger partial charge in [-0.1, -0.05) is 12.1 Å². The van der Waals surface area contributed by atoms with Gasteiger partial charge in [-0.05, 0) is 24.6 Å². The summed E-state index contributed by atoms with van der Waals surface area (Å²) in [4.78, 5) is 31.9. The molecule has 2 aromatic rings. The van der Waals surface area contributed by atoms with Crippen LogP contribution in [0.5, 0.6) is 5.75 Å². The first kappa shape index (κ1) is 24.4. The number of benzene rings is 1. The van der Waals surface area contributed by atoms with Gasteiger partial charge in [0.1, 0.15) is 12.3 Å². The van der Waals surface area contributed by atoms with Crippen LogP contribution in [0.25, 0.3) is 0 Å². The number of nitrogens with zero attached hydrogens (tertiary/aromatic N) is 5. The number of carbonyl (C=O) groups is 2. The number of ether oxygens (including phenoxy) is 1. The smallest absolute Gasteiger partial charge is 0.255 e. The van der Waals surface area contributed by atoms with Gasteiger partial charge in [0.2, 0.25) is 5.91 Å². The van der Waals surface area contributed by atoms with Crippen LogP contribution in [0.2, 0.25) is 0 Å². The molecule has 1 aliphatic rings. The molecule has 3 N–H and O–H groups in total. The number of piperazine rings is 1. The molecule has 0 spiro atoms. The Morgan fingerprint density at radius 2 is 2.16 bits per heavy atom. The van der Waals surface area contributed by atoms with Gasteiger partial charge in [0, 0.05) is 32.9 Å². The summed E-state index contributed by atoms with van der Waals surface area (Å²) in [6.45, 7) is 4.38. The van der Waals surface area contributed by atoms with E-state index in [-0.39, 0.29) is 43.0 Å². The molecule has 1 aromatic heterocycles. The lowest BCUT2D eigenvalue weighted by molar-refractivity contribution is -0.120. The van der Waals surface area contributed by atoms with Crippen LogP contribution in [0, 0.1) is 0 Å². The molecule has 0 bridgehead atoms. The normalized spacial score (nSPS) is 14.3. The molecule has 2 amide bonds. The van der Waals surface area contributed by atoms with Gasteiger partial charge < -0.3 is 25.6 Å². The van der Waals surface area contributed by atoms with Crippen LogP contribution in [0.4, 0.5) is 5.69 Å². The van der Waals surface area contributed by atoms with E-state index in [4.69, 9.17) is 10.5 Å². The molecule has 1 fully saturated rings. The van der Waals surface area contributed by atoms with Crippen LogP contribution in [0.15, 0.2) is 41.7 Å². The zero-order chi connectivity index (χ0) is 21.5. The third-order valence-corrected chi connectivity index (χ3v) is 4.55. The summed E-state index contributed by atoms with van der Waals surface area (Å²) >= 11 is 0. The molecule has 10 nitrogen and oxygen atoms in total. The molecule has 1 aromatic carbocycles. The zero-order valence-electron chi connectivity index (χ0n) is 17.7. The Kier molecular flexibility index (Phi) is 9.09. The van der Waals surface area contributed by atoms with Crippen molar-refractivity contribution in [3.63, 3.8) is 0 Å². The largest absolute Gasteiger partial charge is 0.484 e. The maximum atomic E-state index is 12.7. The summed E-state index contributed by atoms with van der Waals surface area (Å²) in [5, 5.41) is 7.39. The molecule has 1 aliphatic heterocycles. The number of carbonyl (C=O) groups excluding carboxylic acids is 2. The van der Waals surface area contributed by atoms with E-state index in [9.17, 15) is 9.59 Å². The van der Waals surface area contributed by atoms with Crippen molar-refractivity contribution in [3.05, 3.63) is 42.2 Å². The van der Waals surface area contributed by atoms with Crippen LogP contribution in [-0.4, -0.2) is 65.2 Å². The summed E-state index contributed by atoms with van der Waals surface area (Å²) in [7, 11) is 1.83. The molecule has 11 heteroatoms. The van der Waals surface area contributed by atoms with Crippen molar-refractivity contribution in [1.29, 1.82) is 0 Å². The number of nitrogens with two attached hydrogens (primary N) is 1. The molecular formula is C20H28IN7O3. The van der Waals surface area contributed by atoms with Crippen LogP contribution in [-0.2, 0) is 23.2 Å². The molecule has 1 saturated heterocycles. The summed E-state index contributed by atoms with van der Waals surface area (Å²) in [6.07, 6.45) is 3.53. The van der Waals surface area contributed by atoms with Crippen molar-refractivity contribution in [2.24, 2.45) is 17.8 Å². The van der Waals surface area contributed by atoms with E-state index in [0.29, 0.717) is 37.9 Å². The van der Waals surface area contributed by atoms with Gasteiger partial charge in [0.15, 0.2) is 12.6 Å². The third-order valence-electron chi connectivity index (χ3n) is 4.55. The number of nitrogens with one attached hydrogen (secondary N) is 1. The topological polar surface area (TPSA) is 118 Å². The van der Waals surface area contributed by atoms with Gasteiger partial charge in [-0.15, -0.1) is 24.0 Å². The van der Waals surface area contributed by atoms with Gasteiger partial charge >= 0.3 is 0 Å². The van der Waals surface area contributed by atoms with E-state index >= 15 is 0 Å². The lowest BCUT2D eigenvalue weighted by Crippen LogP contribution is -2.55. The second-order valence-corrected chi connectivity index (χ2v) is 6.91. The monoisotopic (exact) mass is 541 g/mol. The predicted octanol–water partition coefficient (Wildman–Crippen LogP) is 0.717. The first-order valence-corrected chi connectivity index (χ1v) is 9.78. The van der Waals surface area contributed by atoms with Crippen LogP contribution < -0.4 is 20.7 Å². The number of hydrogen-bond donors (Lipinski definition) is 2. The molecule has 0 saturated carbocycles. The number of primary amides is 1. The number of guanidine groups is 1. The van der Waals surface area contributed by atoms with Crippen molar-refractivity contribution in [3.8, 4) is 5.75 Å². The van der Waals surface area contributed by atoms with Crippen molar-refractivity contribution in [2.75, 3.05) is 37.7 Å². The summed E-state index contributed by atoms with van der Waals surface area (Å²) < 4.78 is 7.02. The van der Waals surface area contributed by atoms with Crippen LogP contribution >= 0.6 is 24.0 Å². The molecule has 2 heterocycles. The maximum absolute atomic E-state index is 12.7. The quantitative estimate of drug-likeness (QED) is 0.303. The minimum atomic E-state index is -0.525. The Bertz CT molecular complexity index is 931. The second-order valence-electron chi connectivity index (χ2n) is 6.91. The van der Waals surface area contributed by atoms with Crippen LogP contribution in [0.1, 0.15) is 12.5 Å². The number of amides is 2. The lowest BCUT2D eigenvalue weighted by atomic mass is 10.2. The predicted molar refractivity (Wildman–Crippen MR) is 128 cm³/mol. The highest BCUT2D eigenvalue weighted by molar-refractivity contribution is 14.0. The van der Waals surface area contributed by atoms with E-state index < -0.39 is 5.91 Å². The number of aryl methyl sites for hydroxylation is 1. The highest BCUT2D eigenvalue weighted by Crippen LogP contribution is 2.17. The fourth-order valence-electron chi connectivity index (χ4n) is 3.15. The van der Waals surface area contributed by atoms with E-state index in [1.807, 2.05) is 43.3 Å². The van der Waals surface area contributed by atoms with Crippen molar-refractivity contribution >= 4 is 47.4 Å². The average Bonchev–Trinajstić information content (AvgIpc) is 3.15. The Morgan fingerprint density at radius 1 is 1.35 bits per heavy atom. The number of aliphatic imine (C=N–C) groups is 1. The standard InChI is InChI=1S/C20H27N7O3.HI/c1-3-22-20(23-10-15-5-4-6-17(9-15)30-14-18(21)28)26-7-8-27(19(29)13-26)16-11-24-25(2)12-16;/h4-6,9,11-12H,3,7-8,10,13-14H2,1-2H3,(H2,21,28)(H,22,23);1H.